The van der Waals surface area contributed by atoms with Crippen LogP contribution >= 0.6 is 0 Å². The molecule has 0 spiro atoms. The number of aromatic nitrogens is 1. The summed E-state index contributed by atoms with van der Waals surface area (Å²) in [5, 5.41) is 14.9. The van der Waals surface area contributed by atoms with E-state index in [0.717, 1.165) is 29.7 Å². The largest absolute Gasteiger partial charge is 0.316 e. The van der Waals surface area contributed by atoms with Crippen molar-refractivity contribution < 1.29 is 0 Å². The number of benzene rings is 1. The van der Waals surface area contributed by atoms with Gasteiger partial charge >= 0.3 is 0 Å². The number of rotatable bonds is 6. The van der Waals surface area contributed by atoms with Crippen LogP contribution in [0.1, 0.15) is 24.4 Å². The van der Waals surface area contributed by atoms with Crippen LogP contribution in [0.5, 0.6) is 0 Å². The minimum Gasteiger partial charge on any atom is -0.316 e. The Kier molecular flexibility index (Phi) is 3.77. The summed E-state index contributed by atoms with van der Waals surface area (Å²) >= 11 is 0. The van der Waals surface area contributed by atoms with Gasteiger partial charge in [0, 0.05) is 11.8 Å². The van der Waals surface area contributed by atoms with Crippen LogP contribution in [0.25, 0.3) is 11.3 Å². The molecule has 0 bridgehead atoms. The van der Waals surface area contributed by atoms with Crippen molar-refractivity contribution >= 4 is 12.7 Å². The molecular weight excluding hydrogens is 260 g/mol. The summed E-state index contributed by atoms with van der Waals surface area (Å²) in [6, 6.07) is 14.2. The number of hydrogen-bond acceptors (Lipinski definition) is 3. The van der Waals surface area contributed by atoms with Crippen LogP contribution in [-0.4, -0.2) is 22.6 Å². The molecule has 1 fully saturated rings. The van der Waals surface area contributed by atoms with Crippen molar-refractivity contribution in [2.45, 2.75) is 18.9 Å². The molecular formula is C17H18N4. The van der Waals surface area contributed by atoms with Crippen LogP contribution < -0.4 is 0 Å². The second kappa shape index (κ2) is 5.87. The lowest BCUT2D eigenvalue weighted by atomic mass is 10.0. The quantitative estimate of drug-likeness (QED) is 0.625. The average Bonchev–Trinajstić information content (AvgIpc) is 3.38. The second-order valence-electron chi connectivity index (χ2n) is 5.33. The molecule has 4 heteroatoms. The minimum atomic E-state index is 0.0670. The summed E-state index contributed by atoms with van der Waals surface area (Å²) in [5.74, 6) is 0.526. The van der Waals surface area contributed by atoms with Crippen LogP contribution in [-0.2, 0) is 0 Å². The molecule has 1 aliphatic carbocycles. The van der Waals surface area contributed by atoms with E-state index >= 15 is 0 Å². The van der Waals surface area contributed by atoms with Gasteiger partial charge in [0.2, 0.25) is 0 Å². The van der Waals surface area contributed by atoms with E-state index in [4.69, 9.17) is 10.8 Å². The Morgan fingerprint density at radius 2 is 1.76 bits per heavy atom. The fourth-order valence-electron chi connectivity index (χ4n) is 2.66. The molecule has 1 aromatic heterocycles. The summed E-state index contributed by atoms with van der Waals surface area (Å²) in [7, 11) is 0. The molecule has 1 atom stereocenters. The molecule has 2 aromatic rings. The van der Waals surface area contributed by atoms with Gasteiger partial charge in [0.25, 0.3) is 0 Å². The Morgan fingerprint density at radius 1 is 1.05 bits per heavy atom. The third-order valence-corrected chi connectivity index (χ3v) is 3.89. The highest BCUT2D eigenvalue weighted by molar-refractivity contribution is 5.73. The fourth-order valence-corrected chi connectivity index (χ4v) is 2.66. The number of nitrogens with one attached hydrogen (secondary N) is 2. The Hall–Kier alpha value is -2.49. The summed E-state index contributed by atoms with van der Waals surface area (Å²) in [4.78, 5) is 6.20. The highest BCUT2D eigenvalue weighted by atomic mass is 15.2. The molecule has 1 aliphatic rings. The molecule has 1 heterocycles. The predicted molar refractivity (Wildman–Crippen MR) is 84.5 cm³/mol. The van der Waals surface area contributed by atoms with E-state index in [1.54, 1.807) is 4.90 Å². The molecule has 0 radical (unpaired) electrons. The van der Waals surface area contributed by atoms with Crippen LogP contribution in [0.15, 0.2) is 48.7 Å². The Morgan fingerprint density at radius 3 is 2.29 bits per heavy atom. The van der Waals surface area contributed by atoms with Gasteiger partial charge in [-0.25, -0.2) is 0 Å². The molecule has 1 aromatic carbocycles. The van der Waals surface area contributed by atoms with Gasteiger partial charge in [-0.05, 0) is 30.4 Å². The highest BCUT2D eigenvalue weighted by Crippen LogP contribution is 2.43. The van der Waals surface area contributed by atoms with E-state index < -0.39 is 0 Å². The van der Waals surface area contributed by atoms with Gasteiger partial charge in [-0.2, -0.15) is 0 Å². The Balaban J connectivity index is 1.88. The van der Waals surface area contributed by atoms with Gasteiger partial charge < -0.3 is 4.90 Å². The van der Waals surface area contributed by atoms with Crippen molar-refractivity contribution in [2.24, 2.45) is 5.92 Å². The molecule has 0 saturated heterocycles. The molecule has 1 unspecified atom stereocenters. The summed E-state index contributed by atoms with van der Waals surface area (Å²) in [5.41, 5.74) is 3.12. The maximum atomic E-state index is 7.47. The number of nitrogens with zero attached hydrogens (tertiary/aromatic N) is 2. The number of hydrogen-bond donors (Lipinski definition) is 2. The normalized spacial score (nSPS) is 15.2. The lowest BCUT2D eigenvalue weighted by Gasteiger charge is -2.25. The SMILES string of the molecule is N=CN(C=N)C(c1ccc(-c2ccccc2)nc1)C1CC1. The molecule has 0 aliphatic heterocycles. The highest BCUT2D eigenvalue weighted by Gasteiger charge is 2.35. The van der Waals surface area contributed by atoms with Gasteiger partial charge in [-0.1, -0.05) is 36.4 Å². The first-order chi connectivity index (χ1) is 10.3. The first kappa shape index (κ1) is 13.5. The van der Waals surface area contributed by atoms with Crippen molar-refractivity contribution in [3.8, 4) is 11.3 Å². The first-order valence-corrected chi connectivity index (χ1v) is 7.13. The summed E-state index contributed by atoms with van der Waals surface area (Å²) < 4.78 is 0. The minimum absolute atomic E-state index is 0.0670. The summed E-state index contributed by atoms with van der Waals surface area (Å²) in [6.45, 7) is 0. The molecule has 4 nitrogen and oxygen atoms in total. The van der Waals surface area contributed by atoms with Crippen molar-refractivity contribution in [1.82, 2.24) is 9.88 Å². The zero-order chi connectivity index (χ0) is 14.7. The van der Waals surface area contributed by atoms with Crippen molar-refractivity contribution in [2.75, 3.05) is 0 Å². The van der Waals surface area contributed by atoms with Gasteiger partial charge in [-0.15, -0.1) is 0 Å². The van der Waals surface area contributed by atoms with E-state index in [-0.39, 0.29) is 6.04 Å². The molecule has 3 rings (SSSR count). The molecule has 106 valence electrons. The molecule has 1 saturated carbocycles. The van der Waals surface area contributed by atoms with Gasteiger partial charge in [0.1, 0.15) is 0 Å². The van der Waals surface area contributed by atoms with E-state index in [0.29, 0.717) is 5.92 Å². The maximum absolute atomic E-state index is 7.47. The third-order valence-electron chi connectivity index (χ3n) is 3.89. The van der Waals surface area contributed by atoms with Gasteiger partial charge in [0.05, 0.1) is 24.4 Å². The zero-order valence-electron chi connectivity index (χ0n) is 11.7. The van der Waals surface area contributed by atoms with Crippen LogP contribution in [0, 0.1) is 16.7 Å². The maximum Gasteiger partial charge on any atom is 0.0874 e. The Bertz CT molecular complexity index is 609. The van der Waals surface area contributed by atoms with Gasteiger partial charge in [0.15, 0.2) is 0 Å². The molecule has 2 N–H and O–H groups in total. The standard InChI is InChI=1S/C17H18N4/c18-11-21(12-19)17(14-6-7-14)15-8-9-16(20-10-15)13-4-2-1-3-5-13/h1-5,8-12,14,17-19H,6-7H2. The predicted octanol–water partition coefficient (Wildman–Crippen LogP) is 3.72. The van der Waals surface area contributed by atoms with Crippen molar-refractivity contribution in [3.05, 3.63) is 54.2 Å². The Labute approximate surface area is 124 Å². The molecule has 0 amide bonds. The summed E-state index contributed by atoms with van der Waals surface area (Å²) in [6.07, 6.45) is 6.64. The van der Waals surface area contributed by atoms with E-state index in [1.807, 2.05) is 42.6 Å². The van der Waals surface area contributed by atoms with Gasteiger partial charge in [-0.3, -0.25) is 15.8 Å². The van der Waals surface area contributed by atoms with E-state index in [9.17, 15) is 0 Å². The topological polar surface area (TPSA) is 63.8 Å². The average molecular weight is 278 g/mol. The smallest absolute Gasteiger partial charge is 0.0874 e. The lowest BCUT2D eigenvalue weighted by molar-refractivity contribution is 0.415. The van der Waals surface area contributed by atoms with Crippen molar-refractivity contribution in [1.29, 1.82) is 10.8 Å². The van der Waals surface area contributed by atoms with E-state index in [2.05, 4.69) is 11.1 Å². The van der Waals surface area contributed by atoms with Crippen LogP contribution in [0.2, 0.25) is 0 Å². The fraction of sp³-hybridized carbons (Fsp3) is 0.235. The molecule has 21 heavy (non-hydrogen) atoms. The van der Waals surface area contributed by atoms with Crippen LogP contribution in [0.3, 0.4) is 0 Å². The van der Waals surface area contributed by atoms with Crippen molar-refractivity contribution in [3.63, 3.8) is 0 Å². The lowest BCUT2D eigenvalue weighted by Crippen LogP contribution is -2.27. The van der Waals surface area contributed by atoms with E-state index in [1.165, 1.54) is 12.7 Å². The first-order valence-electron chi connectivity index (χ1n) is 7.13. The van der Waals surface area contributed by atoms with Crippen LogP contribution in [0.4, 0.5) is 0 Å². The third kappa shape index (κ3) is 2.84. The zero-order valence-corrected chi connectivity index (χ0v) is 11.7. The second-order valence-corrected chi connectivity index (χ2v) is 5.33. The monoisotopic (exact) mass is 278 g/mol. The number of pyridine rings is 1.